The zero-order valence-corrected chi connectivity index (χ0v) is 15.4. The van der Waals surface area contributed by atoms with Gasteiger partial charge in [-0.05, 0) is 31.1 Å². The molecule has 25 heavy (non-hydrogen) atoms. The summed E-state index contributed by atoms with van der Waals surface area (Å²) in [6, 6.07) is 5.63. The Morgan fingerprint density at radius 1 is 1.12 bits per heavy atom. The van der Waals surface area contributed by atoms with Gasteiger partial charge in [-0.15, -0.1) is 0 Å². The van der Waals surface area contributed by atoms with E-state index in [1.54, 1.807) is 29.2 Å². The van der Waals surface area contributed by atoms with Crippen LogP contribution in [0.3, 0.4) is 0 Å². The van der Waals surface area contributed by atoms with E-state index in [2.05, 4.69) is 10.2 Å². The average Bonchev–Trinajstić information content (AvgIpc) is 3.38. The minimum absolute atomic E-state index is 0.0712. The molecule has 1 aliphatic carbocycles. The molecular formula is C18H21Cl2N3O2. The molecule has 5 nitrogen and oxygen atoms in total. The first-order valence-electron chi connectivity index (χ1n) is 8.45. The summed E-state index contributed by atoms with van der Waals surface area (Å²) in [7, 11) is 0. The fraction of sp³-hybridized carbons (Fsp3) is 0.444. The number of carbonyl (C=O) groups is 2. The molecule has 1 N–H and O–H groups in total. The third-order valence-electron chi connectivity index (χ3n) is 4.39. The van der Waals surface area contributed by atoms with Gasteiger partial charge in [0.2, 0.25) is 11.8 Å². The third-order valence-corrected chi connectivity index (χ3v) is 5.05. The summed E-state index contributed by atoms with van der Waals surface area (Å²) in [6.45, 7) is 3.02. The Labute approximate surface area is 157 Å². The van der Waals surface area contributed by atoms with E-state index >= 15 is 0 Å². The molecule has 1 saturated carbocycles. The van der Waals surface area contributed by atoms with Crippen LogP contribution in [-0.2, 0) is 9.59 Å². The first kappa shape index (κ1) is 18.2. The van der Waals surface area contributed by atoms with Crippen molar-refractivity contribution in [1.82, 2.24) is 15.1 Å². The molecule has 1 aliphatic heterocycles. The lowest BCUT2D eigenvalue weighted by molar-refractivity contribution is -0.128. The normalized spacial score (nSPS) is 18.6. The molecule has 3 rings (SSSR count). The van der Waals surface area contributed by atoms with E-state index in [1.807, 2.05) is 0 Å². The van der Waals surface area contributed by atoms with Crippen molar-refractivity contribution in [3.63, 3.8) is 0 Å². The zero-order chi connectivity index (χ0) is 17.8. The van der Waals surface area contributed by atoms with Gasteiger partial charge < -0.3 is 10.2 Å². The van der Waals surface area contributed by atoms with Gasteiger partial charge in [0.25, 0.3) is 0 Å². The Morgan fingerprint density at radius 2 is 1.76 bits per heavy atom. The van der Waals surface area contributed by atoms with Crippen molar-refractivity contribution in [3.8, 4) is 0 Å². The molecule has 0 unspecified atom stereocenters. The summed E-state index contributed by atoms with van der Waals surface area (Å²) >= 11 is 12.2. The molecule has 1 heterocycles. The number of nitrogens with one attached hydrogen (secondary N) is 1. The van der Waals surface area contributed by atoms with Gasteiger partial charge in [0.1, 0.15) is 0 Å². The highest BCUT2D eigenvalue weighted by atomic mass is 35.5. The van der Waals surface area contributed by atoms with Gasteiger partial charge in [-0.25, -0.2) is 0 Å². The first-order chi connectivity index (χ1) is 12.0. The van der Waals surface area contributed by atoms with Gasteiger partial charge in [0.05, 0.1) is 6.54 Å². The molecule has 0 radical (unpaired) electrons. The van der Waals surface area contributed by atoms with Crippen LogP contribution in [0, 0.1) is 0 Å². The quantitative estimate of drug-likeness (QED) is 0.796. The van der Waals surface area contributed by atoms with Crippen LogP contribution >= 0.6 is 23.2 Å². The lowest BCUT2D eigenvalue weighted by atomic mass is 10.2. The molecule has 0 aromatic heterocycles. The smallest absolute Gasteiger partial charge is 0.246 e. The predicted molar refractivity (Wildman–Crippen MR) is 99.7 cm³/mol. The Balaban J connectivity index is 1.48. The number of amides is 2. The number of carbonyl (C=O) groups excluding carboxylic acids is 2. The second kappa shape index (κ2) is 8.21. The first-order valence-corrected chi connectivity index (χ1v) is 9.21. The lowest BCUT2D eigenvalue weighted by Gasteiger charge is -2.33. The highest BCUT2D eigenvalue weighted by Gasteiger charge is 2.25. The van der Waals surface area contributed by atoms with E-state index in [1.165, 1.54) is 6.08 Å². The van der Waals surface area contributed by atoms with Crippen molar-refractivity contribution >= 4 is 41.1 Å². The predicted octanol–water partition coefficient (Wildman–Crippen LogP) is 2.43. The average molecular weight is 382 g/mol. The number of rotatable bonds is 5. The summed E-state index contributed by atoms with van der Waals surface area (Å²) in [5.41, 5.74) is 0.648. The molecule has 2 amide bonds. The molecule has 1 saturated heterocycles. The number of hydrogen-bond acceptors (Lipinski definition) is 3. The van der Waals surface area contributed by atoms with Crippen molar-refractivity contribution in [1.29, 1.82) is 0 Å². The molecule has 0 spiro atoms. The minimum atomic E-state index is -0.0712. The Morgan fingerprint density at radius 3 is 2.36 bits per heavy atom. The minimum Gasteiger partial charge on any atom is -0.352 e. The van der Waals surface area contributed by atoms with Crippen LogP contribution in [0.2, 0.25) is 10.0 Å². The van der Waals surface area contributed by atoms with E-state index in [4.69, 9.17) is 23.2 Å². The van der Waals surface area contributed by atoms with Crippen molar-refractivity contribution in [2.75, 3.05) is 32.7 Å². The van der Waals surface area contributed by atoms with Gasteiger partial charge >= 0.3 is 0 Å². The maximum absolute atomic E-state index is 12.3. The van der Waals surface area contributed by atoms with Gasteiger partial charge in [-0.1, -0.05) is 29.3 Å². The maximum atomic E-state index is 12.3. The van der Waals surface area contributed by atoms with Crippen LogP contribution < -0.4 is 5.32 Å². The molecule has 2 aliphatic rings. The molecule has 1 aromatic carbocycles. The van der Waals surface area contributed by atoms with E-state index < -0.39 is 0 Å². The summed E-state index contributed by atoms with van der Waals surface area (Å²) in [5, 5.41) is 4.02. The number of hydrogen-bond donors (Lipinski definition) is 1. The largest absolute Gasteiger partial charge is 0.352 e. The number of piperazine rings is 1. The van der Waals surface area contributed by atoms with Crippen molar-refractivity contribution in [2.45, 2.75) is 18.9 Å². The fourth-order valence-corrected chi connectivity index (χ4v) is 3.28. The summed E-state index contributed by atoms with van der Waals surface area (Å²) in [6.07, 6.45) is 5.34. The molecule has 0 atom stereocenters. The number of benzene rings is 1. The fourth-order valence-electron chi connectivity index (χ4n) is 2.76. The van der Waals surface area contributed by atoms with Crippen LogP contribution in [0.15, 0.2) is 24.3 Å². The van der Waals surface area contributed by atoms with Crippen molar-refractivity contribution < 1.29 is 9.59 Å². The third kappa shape index (κ3) is 5.21. The second-order valence-corrected chi connectivity index (χ2v) is 7.23. The topological polar surface area (TPSA) is 52.7 Å². The zero-order valence-electron chi connectivity index (χ0n) is 13.9. The summed E-state index contributed by atoms with van der Waals surface area (Å²) in [4.78, 5) is 28.0. The maximum Gasteiger partial charge on any atom is 0.246 e. The van der Waals surface area contributed by atoms with Gasteiger partial charge in [-0.3, -0.25) is 14.5 Å². The van der Waals surface area contributed by atoms with Crippen LogP contribution in [0.1, 0.15) is 18.4 Å². The van der Waals surface area contributed by atoms with Crippen LogP contribution in [0.4, 0.5) is 0 Å². The monoisotopic (exact) mass is 381 g/mol. The number of halogens is 2. The Hall–Kier alpha value is -1.56. The molecule has 134 valence electrons. The van der Waals surface area contributed by atoms with Gasteiger partial charge in [0.15, 0.2) is 0 Å². The molecule has 2 fully saturated rings. The summed E-state index contributed by atoms with van der Waals surface area (Å²) < 4.78 is 0. The van der Waals surface area contributed by atoms with E-state index in [0.29, 0.717) is 54.4 Å². The van der Waals surface area contributed by atoms with Gasteiger partial charge in [-0.2, -0.15) is 0 Å². The Kier molecular flexibility index (Phi) is 5.99. The SMILES string of the molecule is O=C(CN1CCN(C(=O)/C=C/c2c(Cl)cccc2Cl)CC1)NC1CC1. The molecule has 7 heteroatoms. The van der Waals surface area contributed by atoms with Crippen molar-refractivity contribution in [2.24, 2.45) is 0 Å². The Bertz CT molecular complexity index is 661. The standard InChI is InChI=1S/C18H21Cl2N3O2/c19-15-2-1-3-16(20)14(15)6-7-18(25)23-10-8-22(9-11-23)12-17(24)21-13-4-5-13/h1-3,6-7,13H,4-5,8-12H2,(H,21,24)/b7-6+. The van der Waals surface area contributed by atoms with Crippen molar-refractivity contribution in [3.05, 3.63) is 39.9 Å². The van der Waals surface area contributed by atoms with Crippen LogP contribution in [0.5, 0.6) is 0 Å². The van der Waals surface area contributed by atoms with Crippen LogP contribution in [-0.4, -0.2) is 60.4 Å². The molecular weight excluding hydrogens is 361 g/mol. The highest BCUT2D eigenvalue weighted by molar-refractivity contribution is 6.37. The van der Waals surface area contributed by atoms with E-state index in [9.17, 15) is 9.59 Å². The van der Waals surface area contributed by atoms with Gasteiger partial charge in [0, 0.05) is 53.9 Å². The highest BCUT2D eigenvalue weighted by Crippen LogP contribution is 2.25. The molecule has 1 aromatic rings. The second-order valence-electron chi connectivity index (χ2n) is 6.41. The van der Waals surface area contributed by atoms with Crippen LogP contribution in [0.25, 0.3) is 6.08 Å². The number of nitrogens with zero attached hydrogens (tertiary/aromatic N) is 2. The van der Waals surface area contributed by atoms with E-state index in [0.717, 1.165) is 12.8 Å². The lowest BCUT2D eigenvalue weighted by Crippen LogP contribution is -2.51. The summed E-state index contributed by atoms with van der Waals surface area (Å²) in [5.74, 6) is 0.00796. The van der Waals surface area contributed by atoms with E-state index in [-0.39, 0.29) is 11.8 Å². The molecule has 0 bridgehead atoms.